The fourth-order valence-corrected chi connectivity index (χ4v) is 5.08. The minimum Gasteiger partial charge on any atom is -0.506 e. The zero-order chi connectivity index (χ0) is 20.4. The lowest BCUT2D eigenvalue weighted by molar-refractivity contribution is 0.0858. The highest BCUT2D eigenvalue weighted by molar-refractivity contribution is 9.11. The molecule has 3 aromatic rings. The predicted octanol–water partition coefficient (Wildman–Crippen LogP) is 6.20. The molecule has 0 radical (unpaired) electrons. The van der Waals surface area contributed by atoms with Gasteiger partial charge in [0.15, 0.2) is 0 Å². The van der Waals surface area contributed by atoms with Crippen molar-refractivity contribution in [3.8, 4) is 17.2 Å². The van der Waals surface area contributed by atoms with Crippen LogP contribution in [0.1, 0.15) is 41.9 Å². The topological polar surface area (TPSA) is 76.2 Å². The molecule has 1 heterocycles. The average molecular weight is 520 g/mol. The molecule has 0 spiro atoms. The molecule has 2 aromatic carbocycles. The number of benzene rings is 2. The van der Waals surface area contributed by atoms with Crippen molar-refractivity contribution in [2.75, 3.05) is 0 Å². The third-order valence-electron chi connectivity index (χ3n) is 5.50. The molecule has 1 aliphatic carbocycles. The summed E-state index contributed by atoms with van der Waals surface area (Å²) in [5.41, 5.74) is 1.98. The van der Waals surface area contributed by atoms with Crippen LogP contribution in [0.15, 0.2) is 55.9 Å². The summed E-state index contributed by atoms with van der Waals surface area (Å²) in [5.74, 6) is 1.01. The van der Waals surface area contributed by atoms with Crippen LogP contribution in [0, 0.1) is 11.8 Å². The van der Waals surface area contributed by atoms with E-state index in [-0.39, 0.29) is 29.2 Å². The molecule has 0 unspecified atom stereocenters. The van der Waals surface area contributed by atoms with Crippen molar-refractivity contribution < 1.29 is 14.4 Å². The van der Waals surface area contributed by atoms with E-state index < -0.39 is 0 Å². The molecule has 4 rings (SSSR count). The van der Waals surface area contributed by atoms with Crippen molar-refractivity contribution >= 4 is 37.6 Å². The zero-order valence-corrected chi connectivity index (χ0v) is 18.8. The van der Waals surface area contributed by atoms with Crippen LogP contribution in [0.4, 0.5) is 0 Å². The summed E-state index contributed by atoms with van der Waals surface area (Å²) < 4.78 is 6.32. The number of rotatable bonds is 5. The van der Waals surface area contributed by atoms with Crippen LogP contribution < -0.4 is 0 Å². The Morgan fingerprint density at radius 2 is 1.72 bits per heavy atom. The number of carbonyl (C=O) groups excluding carboxylic acids is 1. The highest BCUT2D eigenvalue weighted by Gasteiger charge is 2.30. The number of hydrogen-bond donors (Lipinski definition) is 1. The third kappa shape index (κ3) is 4.61. The Labute approximate surface area is 185 Å². The molecule has 5 nitrogen and oxygen atoms in total. The average Bonchev–Trinajstić information content (AvgIpc) is 3.23. The standard InChI is InChI=1S/C22H20Br2N2O3/c23-17-11-16(12-18(24)20(17)28)22-25-21(26-29-22)19(27)15-8-6-14(7-9-15)10-13-4-2-1-3-5-13/h1-5,11-12,14-15,28H,6-10H2. The van der Waals surface area contributed by atoms with Gasteiger partial charge in [-0.2, -0.15) is 4.98 Å². The van der Waals surface area contributed by atoms with Gasteiger partial charge in [0, 0.05) is 11.5 Å². The second-order valence-electron chi connectivity index (χ2n) is 7.48. The first kappa shape index (κ1) is 20.3. The van der Waals surface area contributed by atoms with Gasteiger partial charge in [0.1, 0.15) is 5.75 Å². The van der Waals surface area contributed by atoms with Crippen molar-refractivity contribution in [3.63, 3.8) is 0 Å². The van der Waals surface area contributed by atoms with Gasteiger partial charge in [0.25, 0.3) is 5.89 Å². The first-order chi connectivity index (χ1) is 14.0. The monoisotopic (exact) mass is 518 g/mol. The molecule has 1 N–H and O–H groups in total. The number of halogens is 2. The van der Waals surface area contributed by atoms with Crippen LogP contribution in [-0.4, -0.2) is 21.0 Å². The van der Waals surface area contributed by atoms with Crippen LogP contribution in [0.3, 0.4) is 0 Å². The van der Waals surface area contributed by atoms with Crippen LogP contribution in [-0.2, 0) is 6.42 Å². The van der Waals surface area contributed by atoms with E-state index in [9.17, 15) is 9.90 Å². The summed E-state index contributed by atoms with van der Waals surface area (Å²) in [6.45, 7) is 0. The van der Waals surface area contributed by atoms with Crippen LogP contribution in [0.25, 0.3) is 11.5 Å². The van der Waals surface area contributed by atoms with Crippen molar-refractivity contribution in [1.82, 2.24) is 10.1 Å². The van der Waals surface area contributed by atoms with Gasteiger partial charge in [-0.05, 0) is 87.6 Å². The smallest absolute Gasteiger partial charge is 0.258 e. The van der Waals surface area contributed by atoms with E-state index in [2.05, 4.69) is 66.3 Å². The number of ketones is 1. The molecule has 0 atom stereocenters. The lowest BCUT2D eigenvalue weighted by Gasteiger charge is -2.27. The molecule has 0 saturated heterocycles. The summed E-state index contributed by atoms with van der Waals surface area (Å²) in [6, 6.07) is 13.9. The number of carbonyl (C=O) groups is 1. The number of Topliss-reactive ketones (excluding diaryl/α,β-unsaturated/α-hetero) is 1. The van der Waals surface area contributed by atoms with E-state index >= 15 is 0 Å². The number of aromatic hydroxyl groups is 1. The zero-order valence-electron chi connectivity index (χ0n) is 15.6. The first-order valence-electron chi connectivity index (χ1n) is 9.61. The summed E-state index contributed by atoms with van der Waals surface area (Å²) in [6.07, 6.45) is 4.85. The lowest BCUT2D eigenvalue weighted by atomic mass is 9.77. The van der Waals surface area contributed by atoms with Crippen LogP contribution in [0.2, 0.25) is 0 Å². The molecule has 7 heteroatoms. The van der Waals surface area contributed by atoms with E-state index in [4.69, 9.17) is 4.52 Å². The van der Waals surface area contributed by atoms with Crippen LogP contribution >= 0.6 is 31.9 Å². The van der Waals surface area contributed by atoms with Gasteiger partial charge < -0.3 is 9.63 Å². The molecule has 150 valence electrons. The Kier molecular flexibility index (Phi) is 6.15. The van der Waals surface area contributed by atoms with E-state index in [0.29, 0.717) is 20.4 Å². The number of nitrogens with zero attached hydrogens (tertiary/aromatic N) is 2. The predicted molar refractivity (Wildman–Crippen MR) is 117 cm³/mol. The fourth-order valence-electron chi connectivity index (χ4n) is 3.89. The molecule has 1 saturated carbocycles. The minimum absolute atomic E-state index is 0.0462. The highest BCUT2D eigenvalue weighted by Crippen LogP contribution is 2.37. The number of hydrogen-bond acceptors (Lipinski definition) is 5. The molecule has 0 amide bonds. The van der Waals surface area contributed by atoms with Gasteiger partial charge in [0.2, 0.25) is 11.6 Å². The van der Waals surface area contributed by atoms with E-state index in [0.717, 1.165) is 32.1 Å². The maximum Gasteiger partial charge on any atom is 0.258 e. The molecular weight excluding hydrogens is 500 g/mol. The van der Waals surface area contributed by atoms with Gasteiger partial charge in [-0.15, -0.1) is 0 Å². The summed E-state index contributed by atoms with van der Waals surface area (Å²) in [7, 11) is 0. The van der Waals surface area contributed by atoms with Crippen molar-refractivity contribution in [2.45, 2.75) is 32.1 Å². The third-order valence-corrected chi connectivity index (χ3v) is 6.70. The highest BCUT2D eigenvalue weighted by atomic mass is 79.9. The molecule has 0 aliphatic heterocycles. The first-order valence-corrected chi connectivity index (χ1v) is 11.2. The molecular formula is C22H20Br2N2O3. The quantitative estimate of drug-likeness (QED) is 0.406. The van der Waals surface area contributed by atoms with Crippen molar-refractivity contribution in [1.29, 1.82) is 0 Å². The minimum atomic E-state index is -0.0502. The Balaban J connectivity index is 1.40. The maximum atomic E-state index is 12.9. The summed E-state index contributed by atoms with van der Waals surface area (Å²) >= 11 is 6.57. The molecule has 29 heavy (non-hydrogen) atoms. The lowest BCUT2D eigenvalue weighted by Crippen LogP contribution is -2.23. The normalized spacial score (nSPS) is 19.2. The molecule has 1 aliphatic rings. The fraction of sp³-hybridized carbons (Fsp3) is 0.318. The van der Waals surface area contributed by atoms with Gasteiger partial charge in [0.05, 0.1) is 8.95 Å². The van der Waals surface area contributed by atoms with Crippen molar-refractivity contribution in [2.24, 2.45) is 11.8 Å². The Morgan fingerprint density at radius 3 is 2.38 bits per heavy atom. The Bertz CT molecular complexity index is 989. The number of phenolic OH excluding ortho intramolecular Hbond substituents is 1. The second kappa shape index (κ2) is 8.79. The SMILES string of the molecule is O=C(c1noc(-c2cc(Br)c(O)c(Br)c2)n1)C1CCC(Cc2ccccc2)CC1. The maximum absolute atomic E-state index is 12.9. The van der Waals surface area contributed by atoms with Gasteiger partial charge >= 0.3 is 0 Å². The summed E-state index contributed by atoms with van der Waals surface area (Å²) in [4.78, 5) is 17.2. The van der Waals surface area contributed by atoms with Gasteiger partial charge in [-0.25, -0.2) is 0 Å². The number of phenols is 1. The Morgan fingerprint density at radius 1 is 1.07 bits per heavy atom. The molecule has 0 bridgehead atoms. The number of aromatic nitrogens is 2. The Hall–Kier alpha value is -1.99. The van der Waals surface area contributed by atoms with Crippen LogP contribution in [0.5, 0.6) is 5.75 Å². The molecule has 1 aromatic heterocycles. The van der Waals surface area contributed by atoms with E-state index in [1.165, 1.54) is 5.56 Å². The van der Waals surface area contributed by atoms with E-state index in [1.807, 2.05) is 6.07 Å². The largest absolute Gasteiger partial charge is 0.506 e. The van der Waals surface area contributed by atoms with E-state index in [1.54, 1.807) is 12.1 Å². The second-order valence-corrected chi connectivity index (χ2v) is 9.19. The molecule has 1 fully saturated rings. The van der Waals surface area contributed by atoms with Gasteiger partial charge in [-0.1, -0.05) is 35.5 Å². The van der Waals surface area contributed by atoms with Gasteiger partial charge in [-0.3, -0.25) is 4.79 Å². The van der Waals surface area contributed by atoms with Crippen molar-refractivity contribution in [3.05, 3.63) is 62.8 Å². The summed E-state index contributed by atoms with van der Waals surface area (Å²) in [5, 5.41) is 13.7.